The molecular weight excluding hydrogens is 281 g/mol. The van der Waals surface area contributed by atoms with Gasteiger partial charge in [-0.05, 0) is 42.5 Å². The van der Waals surface area contributed by atoms with Crippen molar-refractivity contribution in [2.24, 2.45) is 0 Å². The standard InChI is InChI=1S/C15H11F3N2O/c1-20(12-3-5-13(21)6-4-12)14-7-2-11(15(16,17)18)8-10(14)9-19/h2-8,21H,1H3. The predicted octanol–water partition coefficient (Wildman–Crippen LogP) is 4.05. The smallest absolute Gasteiger partial charge is 0.416 e. The fourth-order valence-electron chi connectivity index (χ4n) is 1.91. The van der Waals surface area contributed by atoms with E-state index in [2.05, 4.69) is 0 Å². The summed E-state index contributed by atoms with van der Waals surface area (Å²) in [7, 11) is 1.63. The highest BCUT2D eigenvalue weighted by atomic mass is 19.4. The van der Waals surface area contributed by atoms with E-state index in [9.17, 15) is 18.3 Å². The molecule has 3 nitrogen and oxygen atoms in total. The van der Waals surface area contributed by atoms with E-state index in [1.54, 1.807) is 30.1 Å². The van der Waals surface area contributed by atoms with Crippen molar-refractivity contribution >= 4 is 11.4 Å². The van der Waals surface area contributed by atoms with E-state index in [1.807, 2.05) is 0 Å². The maximum Gasteiger partial charge on any atom is 0.416 e. The van der Waals surface area contributed by atoms with Crippen LogP contribution in [0.2, 0.25) is 0 Å². The highest BCUT2D eigenvalue weighted by Crippen LogP contribution is 2.34. The number of nitriles is 1. The molecule has 0 saturated carbocycles. The molecule has 21 heavy (non-hydrogen) atoms. The number of phenolic OH excluding ortho intramolecular Hbond substituents is 1. The molecule has 0 aliphatic rings. The molecule has 0 aliphatic heterocycles. The molecule has 0 saturated heterocycles. The molecule has 0 spiro atoms. The van der Waals surface area contributed by atoms with Crippen LogP contribution in [0.4, 0.5) is 24.5 Å². The van der Waals surface area contributed by atoms with Crippen LogP contribution in [-0.2, 0) is 6.18 Å². The van der Waals surface area contributed by atoms with E-state index in [-0.39, 0.29) is 11.3 Å². The Morgan fingerprint density at radius 2 is 1.71 bits per heavy atom. The van der Waals surface area contributed by atoms with Gasteiger partial charge in [0.15, 0.2) is 0 Å². The van der Waals surface area contributed by atoms with E-state index in [0.717, 1.165) is 12.1 Å². The number of benzene rings is 2. The summed E-state index contributed by atoms with van der Waals surface area (Å²) in [6, 6.07) is 10.9. The van der Waals surface area contributed by atoms with Crippen molar-refractivity contribution in [1.29, 1.82) is 5.26 Å². The lowest BCUT2D eigenvalue weighted by molar-refractivity contribution is -0.137. The number of phenols is 1. The number of hydrogen-bond acceptors (Lipinski definition) is 3. The fraction of sp³-hybridized carbons (Fsp3) is 0.133. The second-order valence-corrected chi connectivity index (χ2v) is 4.42. The van der Waals surface area contributed by atoms with Gasteiger partial charge in [-0.25, -0.2) is 0 Å². The van der Waals surface area contributed by atoms with Crippen LogP contribution in [-0.4, -0.2) is 12.2 Å². The van der Waals surface area contributed by atoms with Gasteiger partial charge in [-0.15, -0.1) is 0 Å². The zero-order chi connectivity index (χ0) is 15.6. The minimum absolute atomic E-state index is 0.0691. The van der Waals surface area contributed by atoms with Crippen LogP contribution in [0.25, 0.3) is 0 Å². The number of nitrogens with zero attached hydrogens (tertiary/aromatic N) is 2. The van der Waals surface area contributed by atoms with Crippen molar-refractivity contribution in [3.05, 3.63) is 53.6 Å². The number of alkyl halides is 3. The Hall–Kier alpha value is -2.68. The van der Waals surface area contributed by atoms with Gasteiger partial charge in [0.1, 0.15) is 11.8 Å². The van der Waals surface area contributed by atoms with Gasteiger partial charge in [0, 0.05) is 12.7 Å². The van der Waals surface area contributed by atoms with E-state index >= 15 is 0 Å². The Kier molecular flexibility index (Phi) is 3.76. The molecule has 0 aliphatic carbocycles. The van der Waals surface area contributed by atoms with Gasteiger partial charge < -0.3 is 10.0 Å². The molecule has 0 radical (unpaired) electrons. The lowest BCUT2D eigenvalue weighted by Crippen LogP contribution is -2.12. The fourth-order valence-corrected chi connectivity index (χ4v) is 1.91. The second kappa shape index (κ2) is 5.37. The maximum atomic E-state index is 12.7. The van der Waals surface area contributed by atoms with Crippen LogP contribution in [0.1, 0.15) is 11.1 Å². The monoisotopic (exact) mass is 292 g/mol. The third kappa shape index (κ3) is 3.08. The van der Waals surface area contributed by atoms with Crippen molar-refractivity contribution in [3.8, 4) is 11.8 Å². The van der Waals surface area contributed by atoms with E-state index in [1.165, 1.54) is 18.2 Å². The Morgan fingerprint density at radius 3 is 2.24 bits per heavy atom. The van der Waals surface area contributed by atoms with Crippen LogP contribution in [0, 0.1) is 11.3 Å². The number of rotatable bonds is 2. The normalized spacial score (nSPS) is 11.0. The zero-order valence-corrected chi connectivity index (χ0v) is 11.0. The van der Waals surface area contributed by atoms with Gasteiger partial charge >= 0.3 is 6.18 Å². The van der Waals surface area contributed by atoms with Crippen molar-refractivity contribution in [1.82, 2.24) is 0 Å². The van der Waals surface area contributed by atoms with Gasteiger partial charge in [-0.1, -0.05) is 0 Å². The number of hydrogen-bond donors (Lipinski definition) is 1. The summed E-state index contributed by atoms with van der Waals surface area (Å²) in [5.41, 5.74) is 0.0718. The molecule has 0 bridgehead atoms. The summed E-state index contributed by atoms with van der Waals surface area (Å²) in [4.78, 5) is 1.58. The molecule has 2 aromatic carbocycles. The van der Waals surface area contributed by atoms with Gasteiger partial charge in [-0.2, -0.15) is 18.4 Å². The molecule has 6 heteroatoms. The molecule has 2 rings (SSSR count). The first-order valence-corrected chi connectivity index (χ1v) is 5.97. The Morgan fingerprint density at radius 1 is 1.10 bits per heavy atom. The molecular formula is C15H11F3N2O. The highest BCUT2D eigenvalue weighted by Gasteiger charge is 2.31. The highest BCUT2D eigenvalue weighted by molar-refractivity contribution is 5.69. The molecule has 2 aromatic rings. The summed E-state index contributed by atoms with van der Waals surface area (Å²) in [6.07, 6.45) is -4.48. The molecule has 108 valence electrons. The van der Waals surface area contributed by atoms with Crippen LogP contribution in [0.15, 0.2) is 42.5 Å². The average molecular weight is 292 g/mol. The van der Waals surface area contributed by atoms with Crippen LogP contribution >= 0.6 is 0 Å². The summed E-state index contributed by atoms with van der Waals surface area (Å²) in [5, 5.41) is 18.3. The summed E-state index contributed by atoms with van der Waals surface area (Å²) in [6.45, 7) is 0. The van der Waals surface area contributed by atoms with Gasteiger partial charge in [-0.3, -0.25) is 0 Å². The van der Waals surface area contributed by atoms with E-state index < -0.39 is 11.7 Å². The van der Waals surface area contributed by atoms with E-state index in [0.29, 0.717) is 11.4 Å². The van der Waals surface area contributed by atoms with Crippen LogP contribution in [0.5, 0.6) is 5.75 Å². The third-order valence-electron chi connectivity index (χ3n) is 3.04. The van der Waals surface area contributed by atoms with Gasteiger partial charge in [0.2, 0.25) is 0 Å². The second-order valence-electron chi connectivity index (χ2n) is 4.42. The molecule has 0 heterocycles. The Labute approximate surface area is 119 Å². The first kappa shape index (κ1) is 14.7. The minimum atomic E-state index is -4.48. The largest absolute Gasteiger partial charge is 0.508 e. The zero-order valence-electron chi connectivity index (χ0n) is 11.0. The van der Waals surface area contributed by atoms with Crippen molar-refractivity contribution in [2.45, 2.75) is 6.18 Å². The summed E-state index contributed by atoms with van der Waals surface area (Å²) >= 11 is 0. The lowest BCUT2D eigenvalue weighted by atomic mass is 10.1. The summed E-state index contributed by atoms with van der Waals surface area (Å²) < 4.78 is 38.0. The lowest BCUT2D eigenvalue weighted by Gasteiger charge is -2.21. The van der Waals surface area contributed by atoms with Gasteiger partial charge in [0.05, 0.1) is 16.8 Å². The molecule has 0 amide bonds. The summed E-state index contributed by atoms with van der Waals surface area (Å²) in [5.74, 6) is 0.0834. The molecule has 0 fully saturated rings. The van der Waals surface area contributed by atoms with Crippen LogP contribution < -0.4 is 4.90 Å². The number of halogens is 3. The first-order valence-electron chi connectivity index (χ1n) is 5.97. The molecule has 1 N–H and O–H groups in total. The Balaban J connectivity index is 2.44. The SMILES string of the molecule is CN(c1ccc(O)cc1)c1ccc(C(F)(F)F)cc1C#N. The molecule has 0 aromatic heterocycles. The Bertz CT molecular complexity index is 688. The first-order chi connectivity index (χ1) is 9.82. The van der Waals surface area contributed by atoms with Crippen molar-refractivity contribution in [2.75, 3.05) is 11.9 Å². The number of anilines is 2. The molecule has 0 unspecified atom stereocenters. The topological polar surface area (TPSA) is 47.3 Å². The maximum absolute atomic E-state index is 12.7. The number of aromatic hydroxyl groups is 1. The molecule has 0 atom stereocenters. The quantitative estimate of drug-likeness (QED) is 0.908. The van der Waals surface area contributed by atoms with Crippen molar-refractivity contribution < 1.29 is 18.3 Å². The van der Waals surface area contributed by atoms with Crippen LogP contribution in [0.3, 0.4) is 0 Å². The van der Waals surface area contributed by atoms with E-state index in [4.69, 9.17) is 5.26 Å². The average Bonchev–Trinajstić information content (AvgIpc) is 2.45. The third-order valence-corrected chi connectivity index (χ3v) is 3.04. The predicted molar refractivity (Wildman–Crippen MR) is 72.3 cm³/mol. The minimum Gasteiger partial charge on any atom is -0.508 e. The van der Waals surface area contributed by atoms with Crippen molar-refractivity contribution in [3.63, 3.8) is 0 Å². The van der Waals surface area contributed by atoms with Gasteiger partial charge in [0.25, 0.3) is 0 Å².